The second kappa shape index (κ2) is 4.52. The highest BCUT2D eigenvalue weighted by Gasteiger charge is 2.44. The minimum atomic E-state index is -2.12. The van der Waals surface area contributed by atoms with Gasteiger partial charge in [-0.3, -0.25) is 4.57 Å². The smallest absolute Gasteiger partial charge is 0.224 e. The molecule has 0 bridgehead atoms. The van der Waals surface area contributed by atoms with Gasteiger partial charge in [-0.15, -0.1) is 0 Å². The molecule has 108 valence electrons. The molecule has 1 fully saturated rings. The molecule has 1 aliphatic heterocycles. The van der Waals surface area contributed by atoms with Crippen LogP contribution in [0.5, 0.6) is 0 Å². The van der Waals surface area contributed by atoms with Gasteiger partial charge in [-0.05, 0) is 0 Å². The Morgan fingerprint density at radius 2 is 2.10 bits per heavy atom. The van der Waals surface area contributed by atoms with Gasteiger partial charge in [0.25, 0.3) is 0 Å². The monoisotopic (exact) mass is 283 g/mol. The number of nitrogens with zero attached hydrogens (tertiary/aromatic N) is 4. The van der Waals surface area contributed by atoms with Crippen molar-refractivity contribution >= 4 is 22.9 Å². The third-order valence-corrected chi connectivity index (χ3v) is 3.09. The molecule has 0 aromatic carbocycles. The summed E-state index contributed by atoms with van der Waals surface area (Å²) in [6.45, 7) is -0.551. The number of anilines is 2. The van der Waals surface area contributed by atoms with Crippen molar-refractivity contribution in [2.75, 3.05) is 18.1 Å². The Hall–Kier alpha value is -2.01. The van der Waals surface area contributed by atoms with Crippen LogP contribution in [-0.4, -0.2) is 59.8 Å². The number of aliphatic hydroxyl groups is 3. The highest BCUT2D eigenvalue weighted by Crippen LogP contribution is 2.31. The van der Waals surface area contributed by atoms with Gasteiger partial charge in [0, 0.05) is 0 Å². The molecule has 3 heterocycles. The lowest BCUT2D eigenvalue weighted by molar-refractivity contribution is -0.0511. The number of hydrogen-bond donors (Lipinski definition) is 5. The molecule has 10 nitrogen and oxygen atoms in total. The molecule has 2 aromatic heterocycles. The Kier molecular flexibility index (Phi) is 2.67. The molecule has 0 aliphatic carbocycles. The quantitative estimate of drug-likeness (QED) is 0.404. The molecule has 1 aliphatic rings. The summed E-state index contributed by atoms with van der Waals surface area (Å²) in [5, 5.41) is 29.0. The van der Waals surface area contributed by atoms with E-state index in [4.69, 9.17) is 22.7 Å². The number of ether oxygens (including phenoxy) is 1. The minimum absolute atomic E-state index is 0.0200. The summed E-state index contributed by atoms with van der Waals surface area (Å²) in [4.78, 5) is 11.6. The van der Waals surface area contributed by atoms with Crippen LogP contribution in [0.2, 0.25) is 0 Å². The number of nitrogen functional groups attached to an aromatic ring is 2. The maximum atomic E-state index is 10.1. The van der Waals surface area contributed by atoms with Crippen LogP contribution in [0.1, 0.15) is 7.57 Å². The van der Waals surface area contributed by atoms with E-state index in [0.29, 0.717) is 0 Å². The van der Waals surface area contributed by atoms with Crippen LogP contribution in [0.25, 0.3) is 11.2 Å². The van der Waals surface area contributed by atoms with Crippen molar-refractivity contribution in [3.8, 4) is 0 Å². The van der Waals surface area contributed by atoms with Crippen LogP contribution < -0.4 is 11.5 Å². The summed E-state index contributed by atoms with van der Waals surface area (Å²) in [7, 11) is 0. The van der Waals surface area contributed by atoms with E-state index in [-0.39, 0.29) is 22.9 Å². The number of hydrogen-bond acceptors (Lipinski definition) is 9. The Morgan fingerprint density at radius 1 is 1.35 bits per heavy atom. The standard InChI is InChI=1S/C10H14N6O4/c11-7-4-8(15-10(12)14-7)16(2-13-4)9-6(19)5(18)3(1-17)20-9/h2-3,5-6,9,17-19H,1H2,(H4,11,12,14,15)/t3-,5-,6-,9-/m1/s1/i9D. The van der Waals surface area contributed by atoms with Crippen molar-refractivity contribution in [1.29, 1.82) is 0 Å². The Bertz CT molecular complexity index is 695. The molecule has 0 amide bonds. The zero-order chi connectivity index (χ0) is 15.4. The van der Waals surface area contributed by atoms with E-state index in [1.165, 1.54) is 6.33 Å². The lowest BCUT2D eigenvalue weighted by Gasteiger charge is -2.16. The highest BCUT2D eigenvalue weighted by molar-refractivity contribution is 5.82. The van der Waals surface area contributed by atoms with Crippen molar-refractivity contribution in [2.24, 2.45) is 0 Å². The third kappa shape index (κ3) is 1.78. The summed E-state index contributed by atoms with van der Waals surface area (Å²) < 4.78 is 14.6. The SMILES string of the molecule is [2H][C@@]1(n2cnc3c(N)nc(N)nc32)O[C@H](CO)[C@@H](O)[C@H]1O. The molecule has 2 aromatic rings. The van der Waals surface area contributed by atoms with Gasteiger partial charge >= 0.3 is 0 Å². The molecule has 0 saturated carbocycles. The lowest BCUT2D eigenvalue weighted by Crippen LogP contribution is -2.33. The topological polar surface area (TPSA) is 166 Å². The third-order valence-electron chi connectivity index (χ3n) is 3.09. The molecule has 20 heavy (non-hydrogen) atoms. The predicted octanol–water partition coefficient (Wildman–Crippen LogP) is -2.40. The number of rotatable bonds is 2. The second-order valence-corrected chi connectivity index (χ2v) is 4.37. The zero-order valence-corrected chi connectivity index (χ0v) is 10.2. The van der Waals surface area contributed by atoms with Crippen molar-refractivity contribution < 1.29 is 21.4 Å². The van der Waals surface area contributed by atoms with Gasteiger partial charge in [-0.1, -0.05) is 0 Å². The van der Waals surface area contributed by atoms with Gasteiger partial charge in [0.2, 0.25) is 5.95 Å². The first-order valence-electron chi connectivity index (χ1n) is 6.30. The Labute approximate surface area is 114 Å². The average molecular weight is 283 g/mol. The first kappa shape index (κ1) is 11.8. The number of nitrogens with two attached hydrogens (primary N) is 2. The van der Waals surface area contributed by atoms with E-state index in [1.807, 2.05) is 0 Å². The minimum Gasteiger partial charge on any atom is -0.394 e. The van der Waals surface area contributed by atoms with E-state index in [1.54, 1.807) is 0 Å². The van der Waals surface area contributed by atoms with Gasteiger partial charge in [-0.2, -0.15) is 9.97 Å². The lowest BCUT2D eigenvalue weighted by atomic mass is 10.1. The van der Waals surface area contributed by atoms with Crippen LogP contribution in [0.15, 0.2) is 6.33 Å². The molecule has 4 atom stereocenters. The van der Waals surface area contributed by atoms with Gasteiger partial charge < -0.3 is 31.5 Å². The second-order valence-electron chi connectivity index (χ2n) is 4.37. The van der Waals surface area contributed by atoms with Crippen molar-refractivity contribution in [3.05, 3.63) is 6.33 Å². The number of imidazole rings is 1. The molecule has 7 N–H and O–H groups in total. The van der Waals surface area contributed by atoms with Gasteiger partial charge in [-0.25, -0.2) is 4.98 Å². The Balaban J connectivity index is 2.16. The first-order chi connectivity index (χ1) is 9.88. The van der Waals surface area contributed by atoms with Crippen molar-refractivity contribution in [1.82, 2.24) is 19.5 Å². The maximum Gasteiger partial charge on any atom is 0.224 e. The van der Waals surface area contributed by atoms with E-state index in [0.717, 1.165) is 4.57 Å². The van der Waals surface area contributed by atoms with Gasteiger partial charge in [0.1, 0.15) is 23.8 Å². The summed E-state index contributed by atoms with van der Waals surface area (Å²) in [5.41, 5.74) is 11.5. The fourth-order valence-corrected chi connectivity index (χ4v) is 2.09. The Morgan fingerprint density at radius 3 is 2.75 bits per heavy atom. The zero-order valence-electron chi connectivity index (χ0n) is 11.2. The van der Waals surface area contributed by atoms with E-state index in [2.05, 4.69) is 15.0 Å². The van der Waals surface area contributed by atoms with Crippen LogP contribution in [0, 0.1) is 0 Å². The molecule has 0 radical (unpaired) electrons. The molecule has 1 saturated heterocycles. The van der Waals surface area contributed by atoms with Crippen LogP contribution in [0.3, 0.4) is 0 Å². The normalized spacial score (nSPS) is 34.5. The number of aromatic nitrogens is 4. The fraction of sp³-hybridized carbons (Fsp3) is 0.500. The summed E-state index contributed by atoms with van der Waals surface area (Å²) in [6.07, 6.45) is -5.09. The summed E-state index contributed by atoms with van der Waals surface area (Å²) in [6, 6.07) is 0. The van der Waals surface area contributed by atoms with Crippen LogP contribution in [-0.2, 0) is 4.74 Å². The molecule has 10 heteroatoms. The molecule has 0 spiro atoms. The largest absolute Gasteiger partial charge is 0.394 e. The van der Waals surface area contributed by atoms with E-state index < -0.39 is 31.1 Å². The fourth-order valence-electron chi connectivity index (χ4n) is 2.09. The number of aliphatic hydroxyl groups excluding tert-OH is 3. The molecular formula is C10H14N6O4. The van der Waals surface area contributed by atoms with Gasteiger partial charge in [0.05, 0.1) is 14.3 Å². The van der Waals surface area contributed by atoms with Gasteiger partial charge in [0.15, 0.2) is 17.7 Å². The first-order valence-corrected chi connectivity index (χ1v) is 5.80. The van der Waals surface area contributed by atoms with E-state index in [9.17, 15) is 10.2 Å². The van der Waals surface area contributed by atoms with Crippen molar-refractivity contribution in [2.45, 2.75) is 24.5 Å². The summed E-state index contributed by atoms with van der Waals surface area (Å²) in [5.74, 6) is -0.108. The van der Waals surface area contributed by atoms with Crippen molar-refractivity contribution in [3.63, 3.8) is 0 Å². The average Bonchev–Trinajstić information content (AvgIpc) is 2.95. The van der Waals surface area contributed by atoms with Crippen LogP contribution in [0.4, 0.5) is 11.8 Å². The predicted molar refractivity (Wildman–Crippen MR) is 67.2 cm³/mol. The molecule has 0 unspecified atom stereocenters. The summed E-state index contributed by atoms with van der Waals surface area (Å²) >= 11 is 0. The number of fused-ring (bicyclic) bond motifs is 1. The van der Waals surface area contributed by atoms with Crippen LogP contribution >= 0.6 is 0 Å². The maximum absolute atomic E-state index is 10.1. The molecule has 3 rings (SSSR count). The van der Waals surface area contributed by atoms with E-state index >= 15 is 0 Å². The highest BCUT2D eigenvalue weighted by atomic mass is 16.6. The molecular weight excluding hydrogens is 268 g/mol.